The summed E-state index contributed by atoms with van der Waals surface area (Å²) in [6.07, 6.45) is 1.31. The van der Waals surface area contributed by atoms with Gasteiger partial charge in [-0.15, -0.1) is 0 Å². The van der Waals surface area contributed by atoms with E-state index in [1.807, 2.05) is 0 Å². The minimum Gasteiger partial charge on any atom is -0.457 e. The van der Waals surface area contributed by atoms with E-state index in [0.717, 1.165) is 4.47 Å². The minimum atomic E-state index is -0.644. The van der Waals surface area contributed by atoms with Crippen molar-refractivity contribution in [1.29, 1.82) is 0 Å². The molecule has 0 bridgehead atoms. The zero-order chi connectivity index (χ0) is 22.1. The molecule has 1 N–H and O–H groups in total. The Morgan fingerprint density at radius 2 is 1.87 bits per heavy atom. The number of halogens is 1. The molecule has 4 rings (SSSR count). The lowest BCUT2D eigenvalue weighted by Crippen LogP contribution is -2.54. The highest BCUT2D eigenvalue weighted by Gasteiger charge is 2.34. The lowest BCUT2D eigenvalue weighted by molar-refractivity contribution is -0.384. The molecule has 8 nitrogen and oxygen atoms in total. The number of thiocarbonyl (C=S) groups is 1. The van der Waals surface area contributed by atoms with Crippen molar-refractivity contribution < 1.29 is 18.9 Å². The fourth-order valence-corrected chi connectivity index (χ4v) is 3.68. The van der Waals surface area contributed by atoms with Crippen molar-refractivity contribution in [2.24, 2.45) is 0 Å². The first-order chi connectivity index (χ1) is 14.8. The van der Waals surface area contributed by atoms with E-state index >= 15 is 0 Å². The summed E-state index contributed by atoms with van der Waals surface area (Å²) in [5.41, 5.74) is 0.754. The quantitative estimate of drug-likeness (QED) is 0.187. The number of benzene rings is 2. The molecule has 0 unspecified atom stereocenters. The molecule has 0 aliphatic carbocycles. The van der Waals surface area contributed by atoms with Crippen molar-refractivity contribution in [3.63, 3.8) is 0 Å². The normalized spacial score (nSPS) is 15.3. The summed E-state index contributed by atoms with van der Waals surface area (Å²) in [7, 11) is 0. The van der Waals surface area contributed by atoms with Crippen molar-refractivity contribution in [2.45, 2.75) is 0 Å². The molecular formula is C21H12BrN3O5S. The number of furan rings is 1. The van der Waals surface area contributed by atoms with E-state index in [0.29, 0.717) is 17.0 Å². The van der Waals surface area contributed by atoms with E-state index in [9.17, 15) is 19.7 Å². The van der Waals surface area contributed by atoms with Crippen LogP contribution in [0.2, 0.25) is 0 Å². The van der Waals surface area contributed by atoms with Gasteiger partial charge in [0.05, 0.1) is 10.6 Å². The van der Waals surface area contributed by atoms with E-state index in [1.54, 1.807) is 48.5 Å². The summed E-state index contributed by atoms with van der Waals surface area (Å²) in [5.74, 6) is -0.643. The number of nitro groups is 1. The first kappa shape index (κ1) is 20.6. The Kier molecular flexibility index (Phi) is 5.49. The van der Waals surface area contributed by atoms with Gasteiger partial charge in [0.2, 0.25) is 0 Å². The number of nitrogens with zero attached hydrogens (tertiary/aromatic N) is 2. The predicted octanol–water partition coefficient (Wildman–Crippen LogP) is 4.45. The van der Waals surface area contributed by atoms with E-state index in [2.05, 4.69) is 21.2 Å². The maximum Gasteiger partial charge on any atom is 0.270 e. The number of hydrogen-bond donors (Lipinski definition) is 1. The van der Waals surface area contributed by atoms with Crippen LogP contribution in [0.5, 0.6) is 0 Å². The van der Waals surface area contributed by atoms with Crippen LogP contribution in [-0.4, -0.2) is 21.9 Å². The van der Waals surface area contributed by atoms with Crippen LogP contribution in [0.1, 0.15) is 5.76 Å². The van der Waals surface area contributed by atoms with Gasteiger partial charge in [0, 0.05) is 22.2 Å². The molecule has 10 heteroatoms. The molecule has 154 valence electrons. The number of non-ortho nitro benzene ring substituents is 1. The molecule has 0 spiro atoms. The summed E-state index contributed by atoms with van der Waals surface area (Å²) in [6, 6.07) is 16.1. The summed E-state index contributed by atoms with van der Waals surface area (Å²) in [5, 5.41) is 13.5. The third kappa shape index (κ3) is 4.16. The van der Waals surface area contributed by atoms with Gasteiger partial charge in [-0.3, -0.25) is 29.9 Å². The largest absolute Gasteiger partial charge is 0.457 e. The molecule has 1 aliphatic heterocycles. The van der Waals surface area contributed by atoms with E-state index < -0.39 is 16.7 Å². The molecule has 2 heterocycles. The highest BCUT2D eigenvalue weighted by Crippen LogP contribution is 2.28. The number of nitrogens with one attached hydrogen (secondary N) is 1. The fourth-order valence-electron chi connectivity index (χ4n) is 3.01. The van der Waals surface area contributed by atoms with Gasteiger partial charge in [0.25, 0.3) is 17.5 Å². The predicted molar refractivity (Wildman–Crippen MR) is 121 cm³/mol. The van der Waals surface area contributed by atoms with Crippen LogP contribution in [-0.2, 0) is 9.59 Å². The van der Waals surface area contributed by atoms with Crippen molar-refractivity contribution in [2.75, 3.05) is 4.90 Å². The minimum absolute atomic E-state index is 0.0259. The molecule has 1 aromatic heterocycles. The summed E-state index contributed by atoms with van der Waals surface area (Å²) in [6.45, 7) is 0. The van der Waals surface area contributed by atoms with E-state index in [-0.39, 0.29) is 22.1 Å². The first-order valence-corrected chi connectivity index (χ1v) is 10.1. The van der Waals surface area contributed by atoms with Crippen molar-refractivity contribution in [1.82, 2.24) is 5.32 Å². The van der Waals surface area contributed by atoms with E-state index in [4.69, 9.17) is 16.6 Å². The molecule has 1 saturated heterocycles. The molecule has 31 heavy (non-hydrogen) atoms. The fraction of sp³-hybridized carbons (Fsp3) is 0. The molecule has 2 aromatic carbocycles. The Labute approximate surface area is 189 Å². The number of rotatable bonds is 4. The maximum absolute atomic E-state index is 13.0. The van der Waals surface area contributed by atoms with Gasteiger partial charge in [0.15, 0.2) is 5.11 Å². The van der Waals surface area contributed by atoms with Crippen LogP contribution in [0.15, 0.2) is 75.1 Å². The SMILES string of the molecule is O=C1NC(=S)N(c2cccc(Br)c2)C(=O)/C1=C\c1ccc(-c2cccc([N+](=O)[O-])c2)o1. The van der Waals surface area contributed by atoms with E-state index in [1.165, 1.54) is 23.1 Å². The second kappa shape index (κ2) is 8.25. The maximum atomic E-state index is 13.0. The van der Waals surface area contributed by atoms with Crippen molar-refractivity contribution in [3.05, 3.63) is 86.6 Å². The lowest BCUT2D eigenvalue weighted by atomic mass is 10.1. The summed E-state index contributed by atoms with van der Waals surface area (Å²) >= 11 is 8.53. The van der Waals surface area contributed by atoms with Gasteiger partial charge < -0.3 is 4.42 Å². The van der Waals surface area contributed by atoms with Gasteiger partial charge in [-0.2, -0.15) is 0 Å². The average molecular weight is 498 g/mol. The third-order valence-electron chi connectivity index (χ3n) is 4.42. The second-order valence-electron chi connectivity index (χ2n) is 6.45. The number of hydrogen-bond acceptors (Lipinski definition) is 6. The zero-order valence-corrected chi connectivity index (χ0v) is 18.0. The third-order valence-corrected chi connectivity index (χ3v) is 5.20. The number of carbonyl (C=O) groups excluding carboxylic acids is 2. The molecule has 0 atom stereocenters. The van der Waals surface area contributed by atoms with Crippen LogP contribution in [0.25, 0.3) is 17.4 Å². The second-order valence-corrected chi connectivity index (χ2v) is 7.75. The molecular weight excluding hydrogens is 486 g/mol. The van der Waals surface area contributed by atoms with Crippen molar-refractivity contribution in [3.8, 4) is 11.3 Å². The van der Waals surface area contributed by atoms with Crippen LogP contribution >= 0.6 is 28.1 Å². The first-order valence-electron chi connectivity index (χ1n) is 8.85. The van der Waals surface area contributed by atoms with Gasteiger partial charge in [0.1, 0.15) is 17.1 Å². The summed E-state index contributed by atoms with van der Waals surface area (Å²) in [4.78, 5) is 37.2. The highest BCUT2D eigenvalue weighted by molar-refractivity contribution is 9.10. The Bertz CT molecular complexity index is 1280. The van der Waals surface area contributed by atoms with Crippen LogP contribution in [0.3, 0.4) is 0 Å². The molecule has 1 fully saturated rings. The van der Waals surface area contributed by atoms with Crippen molar-refractivity contribution >= 4 is 62.5 Å². The number of nitro benzene ring substituents is 1. The molecule has 2 amide bonds. The number of amides is 2. The van der Waals surface area contributed by atoms with Crippen LogP contribution in [0, 0.1) is 10.1 Å². The molecule has 1 aliphatic rings. The number of anilines is 1. The number of carbonyl (C=O) groups is 2. The average Bonchev–Trinajstić information content (AvgIpc) is 3.20. The monoisotopic (exact) mass is 497 g/mol. The smallest absolute Gasteiger partial charge is 0.270 e. The standard InChI is InChI=1S/C21H12BrN3O5S/c22-13-4-2-5-14(10-13)24-20(27)17(19(26)23-21(24)31)11-16-7-8-18(30-16)12-3-1-6-15(9-12)25(28)29/h1-11H,(H,23,26,31)/b17-11-. The molecule has 0 saturated carbocycles. The molecule has 0 radical (unpaired) electrons. The van der Waals surface area contributed by atoms with Gasteiger partial charge >= 0.3 is 0 Å². The topological polar surface area (TPSA) is 106 Å². The van der Waals surface area contributed by atoms with Crippen LogP contribution < -0.4 is 10.2 Å². The Morgan fingerprint density at radius 3 is 2.61 bits per heavy atom. The van der Waals surface area contributed by atoms with Crippen LogP contribution in [0.4, 0.5) is 11.4 Å². The van der Waals surface area contributed by atoms with Gasteiger partial charge in [-0.25, -0.2) is 0 Å². The lowest BCUT2D eigenvalue weighted by Gasteiger charge is -2.28. The Balaban J connectivity index is 1.67. The van der Waals surface area contributed by atoms with Gasteiger partial charge in [-0.05, 0) is 48.6 Å². The highest BCUT2D eigenvalue weighted by atomic mass is 79.9. The Morgan fingerprint density at radius 1 is 1.10 bits per heavy atom. The van der Waals surface area contributed by atoms with Gasteiger partial charge in [-0.1, -0.05) is 34.1 Å². The summed E-state index contributed by atoms with van der Waals surface area (Å²) < 4.78 is 6.45. The Hall–Kier alpha value is -3.63. The molecule has 3 aromatic rings. The zero-order valence-electron chi connectivity index (χ0n) is 15.6.